The Labute approximate surface area is 193 Å². The fourth-order valence-corrected chi connectivity index (χ4v) is 3.45. The molecular weight excluding hydrogens is 410 g/mol. The Morgan fingerprint density at radius 3 is 1.94 bits per heavy atom. The van der Waals surface area contributed by atoms with Crippen molar-refractivity contribution in [2.24, 2.45) is 23.5 Å². The number of nitrogens with two attached hydrogens (primary N) is 1. The number of ketones is 1. The fraction of sp³-hybridized carbons (Fsp3) is 0.826. The Hall–Kier alpha value is -2.00. The summed E-state index contributed by atoms with van der Waals surface area (Å²) >= 11 is 0. The second kappa shape index (κ2) is 15.7. The first-order chi connectivity index (χ1) is 14.9. The predicted octanol–water partition coefficient (Wildman–Crippen LogP) is 0.716. The van der Waals surface area contributed by atoms with Gasteiger partial charge in [0.1, 0.15) is 6.04 Å². The van der Waals surface area contributed by atoms with Crippen LogP contribution in [0.15, 0.2) is 0 Å². The van der Waals surface area contributed by atoms with E-state index in [1.165, 1.54) is 0 Å². The van der Waals surface area contributed by atoms with Gasteiger partial charge in [0.05, 0.1) is 18.6 Å². The zero-order valence-electron chi connectivity index (χ0n) is 20.9. The Morgan fingerprint density at radius 1 is 0.844 bits per heavy atom. The van der Waals surface area contributed by atoms with Gasteiger partial charge in [-0.05, 0) is 51.1 Å². The van der Waals surface area contributed by atoms with Gasteiger partial charge in [0.2, 0.25) is 17.7 Å². The minimum atomic E-state index is -0.748. The molecule has 0 aliphatic rings. The highest BCUT2D eigenvalue weighted by atomic mass is 16.2. The van der Waals surface area contributed by atoms with Crippen LogP contribution >= 0.6 is 0 Å². The number of nitrogens with one attached hydrogen (secondary N) is 4. The maximum absolute atomic E-state index is 12.7. The molecule has 186 valence electrons. The summed E-state index contributed by atoms with van der Waals surface area (Å²) in [5, 5.41) is 11.1. The van der Waals surface area contributed by atoms with Crippen LogP contribution in [0.1, 0.15) is 67.2 Å². The van der Waals surface area contributed by atoms with E-state index in [9.17, 15) is 19.2 Å². The molecule has 9 heteroatoms. The van der Waals surface area contributed by atoms with Crippen molar-refractivity contribution in [1.82, 2.24) is 21.3 Å². The molecule has 3 unspecified atom stereocenters. The van der Waals surface area contributed by atoms with Crippen molar-refractivity contribution in [2.75, 3.05) is 20.1 Å². The Morgan fingerprint density at radius 2 is 1.47 bits per heavy atom. The molecule has 3 amide bonds. The molecule has 0 rings (SSSR count). The third kappa shape index (κ3) is 11.6. The van der Waals surface area contributed by atoms with Gasteiger partial charge in [-0.25, -0.2) is 0 Å². The molecule has 3 atom stereocenters. The summed E-state index contributed by atoms with van der Waals surface area (Å²) in [6.07, 6.45) is 2.47. The summed E-state index contributed by atoms with van der Waals surface area (Å²) in [5.74, 6) is -1.13. The number of carbonyl (C=O) groups is 4. The smallest absolute Gasteiger partial charge is 0.243 e. The third-order valence-corrected chi connectivity index (χ3v) is 5.22. The number of rotatable bonds is 16. The molecule has 9 nitrogen and oxygen atoms in total. The first-order valence-corrected chi connectivity index (χ1v) is 11.7. The monoisotopic (exact) mass is 455 g/mol. The molecular formula is C23H45N5O4. The number of hydrogen-bond acceptors (Lipinski definition) is 6. The number of likely N-dealkylation sites (N-methyl/N-ethyl adjacent to an activating group) is 1. The van der Waals surface area contributed by atoms with E-state index in [2.05, 4.69) is 21.3 Å². The van der Waals surface area contributed by atoms with Gasteiger partial charge >= 0.3 is 0 Å². The van der Waals surface area contributed by atoms with Crippen molar-refractivity contribution in [2.45, 2.75) is 85.4 Å². The first kappa shape index (κ1) is 30.0. The fourth-order valence-electron chi connectivity index (χ4n) is 3.45. The standard InChI is InChI=1S/C23H45N5O4/c1-14(2)12-18(28-23(32)20(25-7)15(3)4)22(31)26-13-19(29)27-17(10-8-9-11-24)21(30)16(5)6/h14-18,20,25H,8-13,24H2,1-7H3,(H,26,31)(H,27,29)(H,28,32). The molecule has 0 bridgehead atoms. The van der Waals surface area contributed by atoms with Crippen molar-refractivity contribution in [3.05, 3.63) is 0 Å². The third-order valence-electron chi connectivity index (χ3n) is 5.22. The zero-order valence-corrected chi connectivity index (χ0v) is 20.9. The average Bonchev–Trinajstić information content (AvgIpc) is 2.70. The SMILES string of the molecule is CNC(C(=O)NC(CC(C)C)C(=O)NCC(=O)NC(CCCCN)C(=O)C(C)C)C(C)C. The van der Waals surface area contributed by atoms with Gasteiger partial charge in [-0.2, -0.15) is 0 Å². The molecule has 0 heterocycles. The highest BCUT2D eigenvalue weighted by Gasteiger charge is 2.28. The van der Waals surface area contributed by atoms with E-state index in [1.807, 2.05) is 27.7 Å². The van der Waals surface area contributed by atoms with Crippen molar-refractivity contribution in [3.8, 4) is 0 Å². The van der Waals surface area contributed by atoms with Crippen LogP contribution < -0.4 is 27.0 Å². The zero-order chi connectivity index (χ0) is 24.8. The van der Waals surface area contributed by atoms with Crippen LogP contribution in [-0.2, 0) is 19.2 Å². The summed E-state index contributed by atoms with van der Waals surface area (Å²) in [6, 6.07) is -1.76. The molecule has 0 saturated carbocycles. The lowest BCUT2D eigenvalue weighted by Crippen LogP contribution is -2.55. The maximum atomic E-state index is 12.7. The maximum Gasteiger partial charge on any atom is 0.243 e. The van der Waals surface area contributed by atoms with Crippen molar-refractivity contribution in [1.29, 1.82) is 0 Å². The van der Waals surface area contributed by atoms with Crippen molar-refractivity contribution < 1.29 is 19.2 Å². The van der Waals surface area contributed by atoms with Crippen LogP contribution in [0.25, 0.3) is 0 Å². The Kier molecular flexibility index (Phi) is 14.8. The molecule has 0 fully saturated rings. The molecule has 0 aromatic heterocycles. The topological polar surface area (TPSA) is 142 Å². The van der Waals surface area contributed by atoms with Gasteiger partial charge in [0.15, 0.2) is 5.78 Å². The van der Waals surface area contributed by atoms with Crippen molar-refractivity contribution >= 4 is 23.5 Å². The molecule has 0 aliphatic heterocycles. The molecule has 0 spiro atoms. The van der Waals surface area contributed by atoms with Gasteiger partial charge in [-0.3, -0.25) is 19.2 Å². The Bertz CT molecular complexity index is 607. The lowest BCUT2D eigenvalue weighted by Gasteiger charge is -2.25. The quantitative estimate of drug-likeness (QED) is 0.217. The Balaban J connectivity index is 5.01. The number of amides is 3. The van der Waals surface area contributed by atoms with Crippen LogP contribution in [0.2, 0.25) is 0 Å². The lowest BCUT2D eigenvalue weighted by molar-refractivity contribution is -0.132. The first-order valence-electron chi connectivity index (χ1n) is 11.7. The molecule has 6 N–H and O–H groups in total. The number of Topliss-reactive ketones (excluding diaryl/α,β-unsaturated/α-hetero) is 1. The van der Waals surface area contributed by atoms with Gasteiger partial charge in [0.25, 0.3) is 0 Å². The molecule has 0 aromatic carbocycles. The summed E-state index contributed by atoms with van der Waals surface area (Å²) in [4.78, 5) is 50.2. The van der Waals surface area contributed by atoms with Gasteiger partial charge in [0, 0.05) is 5.92 Å². The van der Waals surface area contributed by atoms with Crippen LogP contribution in [-0.4, -0.2) is 61.8 Å². The highest BCUT2D eigenvalue weighted by Crippen LogP contribution is 2.09. The van der Waals surface area contributed by atoms with Gasteiger partial charge in [-0.15, -0.1) is 0 Å². The summed E-state index contributed by atoms with van der Waals surface area (Å²) < 4.78 is 0. The average molecular weight is 456 g/mol. The molecule has 0 aliphatic carbocycles. The van der Waals surface area contributed by atoms with E-state index < -0.39 is 29.9 Å². The van der Waals surface area contributed by atoms with E-state index >= 15 is 0 Å². The minimum Gasteiger partial charge on any atom is -0.345 e. The number of unbranched alkanes of at least 4 members (excludes halogenated alkanes) is 1. The second-order valence-electron chi connectivity index (χ2n) is 9.38. The summed E-state index contributed by atoms with van der Waals surface area (Å²) in [6.45, 7) is 11.6. The molecule has 0 aromatic rings. The van der Waals surface area contributed by atoms with Crippen molar-refractivity contribution in [3.63, 3.8) is 0 Å². The molecule has 0 saturated heterocycles. The van der Waals surface area contributed by atoms with Crippen LogP contribution in [0.3, 0.4) is 0 Å². The molecule has 32 heavy (non-hydrogen) atoms. The van der Waals surface area contributed by atoms with Crippen LogP contribution in [0.4, 0.5) is 0 Å². The van der Waals surface area contributed by atoms with E-state index in [0.29, 0.717) is 19.4 Å². The number of carbonyl (C=O) groups excluding carboxylic acids is 4. The van der Waals surface area contributed by atoms with Crippen LogP contribution in [0, 0.1) is 17.8 Å². The van der Waals surface area contributed by atoms with E-state index in [1.54, 1.807) is 20.9 Å². The second-order valence-corrected chi connectivity index (χ2v) is 9.38. The summed E-state index contributed by atoms with van der Waals surface area (Å²) in [5.41, 5.74) is 5.52. The number of hydrogen-bond donors (Lipinski definition) is 5. The predicted molar refractivity (Wildman–Crippen MR) is 127 cm³/mol. The largest absolute Gasteiger partial charge is 0.345 e. The van der Waals surface area contributed by atoms with E-state index in [0.717, 1.165) is 12.8 Å². The normalized spacial score (nSPS) is 14.2. The van der Waals surface area contributed by atoms with E-state index in [4.69, 9.17) is 5.73 Å². The summed E-state index contributed by atoms with van der Waals surface area (Å²) in [7, 11) is 1.70. The minimum absolute atomic E-state index is 0.0431. The lowest BCUT2D eigenvalue weighted by atomic mass is 9.97. The van der Waals surface area contributed by atoms with E-state index in [-0.39, 0.29) is 36.0 Å². The van der Waals surface area contributed by atoms with Crippen LogP contribution in [0.5, 0.6) is 0 Å². The molecule has 0 radical (unpaired) electrons. The van der Waals surface area contributed by atoms with Gasteiger partial charge in [-0.1, -0.05) is 41.5 Å². The highest BCUT2D eigenvalue weighted by molar-refractivity contribution is 5.94. The van der Waals surface area contributed by atoms with Gasteiger partial charge < -0.3 is 27.0 Å².